The van der Waals surface area contributed by atoms with E-state index < -0.39 is 17.7 Å². The van der Waals surface area contributed by atoms with E-state index in [0.29, 0.717) is 19.7 Å². The molecule has 1 amide bonds. The Hall–Kier alpha value is -1.24. The minimum Gasteiger partial charge on any atom is -0.375 e. The number of carbonyl (C=O) groups excluding carboxylic acids is 1. The molecule has 4 nitrogen and oxygen atoms in total. The molecule has 22 heavy (non-hydrogen) atoms. The highest BCUT2D eigenvalue weighted by atomic mass is 35.5. The van der Waals surface area contributed by atoms with Crippen molar-refractivity contribution in [1.82, 2.24) is 10.2 Å². The highest BCUT2D eigenvalue weighted by Crippen LogP contribution is 2.16. The lowest BCUT2D eigenvalue weighted by molar-refractivity contribution is -0.140. The molecule has 2 rings (SSSR count). The Labute approximate surface area is 135 Å². The van der Waals surface area contributed by atoms with E-state index >= 15 is 0 Å². The van der Waals surface area contributed by atoms with Crippen LogP contribution in [0, 0.1) is 11.6 Å². The summed E-state index contributed by atoms with van der Waals surface area (Å²) < 4.78 is 32.9. The van der Waals surface area contributed by atoms with Gasteiger partial charge in [0.05, 0.1) is 19.3 Å². The molecule has 7 heteroatoms. The predicted octanol–water partition coefficient (Wildman–Crippen LogP) is 2.11. The topological polar surface area (TPSA) is 41.6 Å². The Morgan fingerprint density at radius 3 is 2.59 bits per heavy atom. The van der Waals surface area contributed by atoms with E-state index in [9.17, 15) is 13.6 Å². The number of nitrogens with one attached hydrogen (secondary N) is 1. The fourth-order valence-electron chi connectivity index (χ4n) is 2.43. The molecule has 1 saturated heterocycles. The predicted molar refractivity (Wildman–Crippen MR) is 81.9 cm³/mol. The maximum atomic E-state index is 13.7. The SMILES string of the molecule is CCN(Cc1c(F)cccc1F)C(=O)[C@H]1NCCO[C@@H]1C.Cl. The van der Waals surface area contributed by atoms with Crippen molar-refractivity contribution < 1.29 is 18.3 Å². The number of benzene rings is 1. The van der Waals surface area contributed by atoms with E-state index in [0.717, 1.165) is 0 Å². The summed E-state index contributed by atoms with van der Waals surface area (Å²) in [6.07, 6.45) is -0.259. The fourth-order valence-corrected chi connectivity index (χ4v) is 2.43. The van der Waals surface area contributed by atoms with Crippen molar-refractivity contribution in [3.05, 3.63) is 35.4 Å². The lowest BCUT2D eigenvalue weighted by atomic mass is 10.1. The second-order valence-electron chi connectivity index (χ2n) is 5.06. The van der Waals surface area contributed by atoms with Crippen LogP contribution in [-0.4, -0.2) is 42.6 Å². The van der Waals surface area contributed by atoms with Gasteiger partial charge in [0.1, 0.15) is 17.7 Å². The Kier molecular flexibility index (Phi) is 7.19. The van der Waals surface area contributed by atoms with Crippen LogP contribution >= 0.6 is 12.4 Å². The van der Waals surface area contributed by atoms with Gasteiger partial charge in [0.2, 0.25) is 5.91 Å². The van der Waals surface area contributed by atoms with Crippen LogP contribution in [0.4, 0.5) is 8.78 Å². The van der Waals surface area contributed by atoms with Crippen molar-refractivity contribution in [2.75, 3.05) is 19.7 Å². The normalized spacial score (nSPS) is 21.1. The van der Waals surface area contributed by atoms with E-state index in [2.05, 4.69) is 5.32 Å². The molecule has 0 aromatic heterocycles. The molecule has 1 aromatic carbocycles. The van der Waals surface area contributed by atoms with Crippen LogP contribution in [0.1, 0.15) is 19.4 Å². The highest BCUT2D eigenvalue weighted by Gasteiger charge is 2.31. The van der Waals surface area contributed by atoms with Crippen molar-refractivity contribution in [2.45, 2.75) is 32.5 Å². The van der Waals surface area contributed by atoms with Gasteiger partial charge in [0.15, 0.2) is 0 Å². The number of hydrogen-bond donors (Lipinski definition) is 1. The van der Waals surface area contributed by atoms with Crippen LogP contribution in [0.5, 0.6) is 0 Å². The van der Waals surface area contributed by atoms with Gasteiger partial charge in [-0.05, 0) is 26.0 Å². The molecule has 0 aliphatic carbocycles. The molecule has 1 N–H and O–H groups in total. The van der Waals surface area contributed by atoms with Crippen molar-refractivity contribution in [2.24, 2.45) is 0 Å². The molecule has 0 radical (unpaired) electrons. The van der Waals surface area contributed by atoms with Crippen molar-refractivity contribution in [1.29, 1.82) is 0 Å². The number of carbonyl (C=O) groups is 1. The molecule has 0 spiro atoms. The molecule has 1 aliphatic heterocycles. The summed E-state index contributed by atoms with van der Waals surface area (Å²) in [6, 6.07) is 3.22. The fraction of sp³-hybridized carbons (Fsp3) is 0.533. The largest absolute Gasteiger partial charge is 0.375 e. The van der Waals surface area contributed by atoms with Gasteiger partial charge < -0.3 is 15.0 Å². The zero-order valence-electron chi connectivity index (χ0n) is 12.6. The quantitative estimate of drug-likeness (QED) is 0.917. The zero-order chi connectivity index (χ0) is 15.4. The first-order valence-electron chi connectivity index (χ1n) is 7.11. The second-order valence-corrected chi connectivity index (χ2v) is 5.06. The molecular weight excluding hydrogens is 314 g/mol. The number of hydrogen-bond acceptors (Lipinski definition) is 3. The van der Waals surface area contributed by atoms with Gasteiger partial charge in [-0.1, -0.05) is 6.07 Å². The minimum atomic E-state index is -0.637. The molecule has 0 saturated carbocycles. The van der Waals surface area contributed by atoms with Gasteiger partial charge in [-0.15, -0.1) is 12.4 Å². The summed E-state index contributed by atoms with van der Waals surface area (Å²) in [5.41, 5.74) is -0.0860. The number of rotatable bonds is 4. The number of morpholine rings is 1. The zero-order valence-corrected chi connectivity index (χ0v) is 13.5. The average molecular weight is 335 g/mol. The number of likely N-dealkylation sites (N-methyl/N-ethyl adjacent to an activating group) is 1. The van der Waals surface area contributed by atoms with E-state index in [1.165, 1.54) is 23.1 Å². The first kappa shape index (κ1) is 18.8. The Morgan fingerprint density at radius 1 is 1.41 bits per heavy atom. The number of nitrogens with zero attached hydrogens (tertiary/aromatic N) is 1. The van der Waals surface area contributed by atoms with Crippen LogP contribution in [0.25, 0.3) is 0 Å². The lowest BCUT2D eigenvalue weighted by Crippen LogP contribution is -2.56. The average Bonchev–Trinajstić information content (AvgIpc) is 2.47. The van der Waals surface area contributed by atoms with Gasteiger partial charge in [-0.25, -0.2) is 8.78 Å². The maximum Gasteiger partial charge on any atom is 0.242 e. The lowest BCUT2D eigenvalue weighted by Gasteiger charge is -2.33. The van der Waals surface area contributed by atoms with Crippen molar-refractivity contribution >= 4 is 18.3 Å². The summed E-state index contributed by atoms with van der Waals surface area (Å²) in [6.45, 7) is 5.03. The molecule has 1 fully saturated rings. The molecule has 2 atom stereocenters. The van der Waals surface area contributed by atoms with Gasteiger partial charge in [-0.3, -0.25) is 4.79 Å². The van der Waals surface area contributed by atoms with Crippen molar-refractivity contribution in [3.63, 3.8) is 0 Å². The summed E-state index contributed by atoms with van der Waals surface area (Å²) in [4.78, 5) is 13.9. The molecule has 0 bridgehead atoms. The van der Waals surface area contributed by atoms with Crippen LogP contribution in [0.2, 0.25) is 0 Å². The third-order valence-electron chi connectivity index (χ3n) is 3.69. The number of ether oxygens (including phenoxy) is 1. The monoisotopic (exact) mass is 334 g/mol. The van der Waals surface area contributed by atoms with Gasteiger partial charge in [0, 0.05) is 18.7 Å². The second kappa shape index (κ2) is 8.41. The summed E-state index contributed by atoms with van der Waals surface area (Å²) in [5, 5.41) is 3.09. The Bertz CT molecular complexity index is 496. The van der Waals surface area contributed by atoms with E-state index in [1.807, 2.05) is 6.92 Å². The summed E-state index contributed by atoms with van der Waals surface area (Å²) in [5.74, 6) is -1.48. The standard InChI is InChI=1S/C15H20F2N2O2.ClH/c1-3-19(9-11-12(16)5-4-6-13(11)17)15(20)14-10(2)21-8-7-18-14;/h4-6,10,14,18H,3,7-9H2,1-2H3;1H/t10-,14+;/m1./s1. The Morgan fingerprint density at radius 2 is 2.05 bits per heavy atom. The molecule has 1 aromatic rings. The third kappa shape index (κ3) is 4.15. The van der Waals surface area contributed by atoms with Crippen LogP contribution in [0.15, 0.2) is 18.2 Å². The van der Waals surface area contributed by atoms with Crippen molar-refractivity contribution in [3.8, 4) is 0 Å². The molecule has 1 aliphatic rings. The molecule has 0 unspecified atom stereocenters. The first-order valence-corrected chi connectivity index (χ1v) is 7.11. The molecule has 1 heterocycles. The Balaban J connectivity index is 0.00000242. The number of amides is 1. The summed E-state index contributed by atoms with van der Waals surface area (Å²) >= 11 is 0. The van der Waals surface area contributed by atoms with Gasteiger partial charge in [0.25, 0.3) is 0 Å². The summed E-state index contributed by atoms with van der Waals surface area (Å²) in [7, 11) is 0. The number of halogens is 3. The van der Waals surface area contributed by atoms with Crippen LogP contribution in [-0.2, 0) is 16.1 Å². The third-order valence-corrected chi connectivity index (χ3v) is 3.69. The highest BCUT2D eigenvalue weighted by molar-refractivity contribution is 5.85. The first-order chi connectivity index (χ1) is 10.0. The van der Waals surface area contributed by atoms with Crippen LogP contribution < -0.4 is 5.32 Å². The minimum absolute atomic E-state index is 0. The van der Waals surface area contributed by atoms with Gasteiger partial charge in [-0.2, -0.15) is 0 Å². The smallest absolute Gasteiger partial charge is 0.242 e. The maximum absolute atomic E-state index is 13.7. The van der Waals surface area contributed by atoms with Gasteiger partial charge >= 0.3 is 0 Å². The van der Waals surface area contributed by atoms with E-state index in [-0.39, 0.29) is 36.5 Å². The van der Waals surface area contributed by atoms with Crippen LogP contribution in [0.3, 0.4) is 0 Å². The van der Waals surface area contributed by atoms with E-state index in [4.69, 9.17) is 4.74 Å². The molecule has 124 valence electrons. The van der Waals surface area contributed by atoms with E-state index in [1.54, 1.807) is 6.92 Å². The molecular formula is C15H21ClF2N2O2.